The average molecular weight is 401 g/mol. The van der Waals surface area contributed by atoms with Crippen LogP contribution in [0.1, 0.15) is 34.8 Å². The zero-order valence-corrected chi connectivity index (χ0v) is 17.4. The first-order valence-corrected chi connectivity index (χ1v) is 10.4. The molecular weight excluding hydrogens is 372 g/mol. The average Bonchev–Trinajstić information content (AvgIpc) is 2.81. The fourth-order valence-corrected chi connectivity index (χ4v) is 3.07. The maximum atomic E-state index is 12.8. The number of aliphatic imine (C=N–C) groups is 1. The molecule has 1 amide bonds. The number of benzene rings is 3. The minimum atomic E-state index is -0.292. The van der Waals surface area contributed by atoms with Crippen molar-refractivity contribution in [2.24, 2.45) is 4.99 Å². The lowest BCUT2D eigenvalue weighted by Crippen LogP contribution is -2.35. The number of amidine groups is 1. The van der Waals surface area contributed by atoms with Crippen molar-refractivity contribution in [3.8, 4) is 0 Å². The first-order valence-electron chi connectivity index (χ1n) is 10.4. The van der Waals surface area contributed by atoms with Gasteiger partial charge in [0.25, 0.3) is 11.9 Å². The van der Waals surface area contributed by atoms with Gasteiger partial charge in [-0.3, -0.25) is 4.79 Å². The molecule has 4 nitrogen and oxygen atoms in total. The summed E-state index contributed by atoms with van der Waals surface area (Å²) in [6, 6.07) is 30.0. The van der Waals surface area contributed by atoms with E-state index in [0.717, 1.165) is 18.4 Å². The second-order valence-electron chi connectivity index (χ2n) is 7.06. The van der Waals surface area contributed by atoms with Crippen LogP contribution in [-0.2, 0) is 17.7 Å². The van der Waals surface area contributed by atoms with Crippen LogP contribution in [0.5, 0.6) is 0 Å². The van der Waals surface area contributed by atoms with E-state index in [4.69, 9.17) is 4.74 Å². The van der Waals surface area contributed by atoms with Crippen molar-refractivity contribution in [1.29, 1.82) is 0 Å². The number of carbonyl (C=O) groups excluding carboxylic acids is 1. The molecule has 0 fully saturated rings. The minimum absolute atomic E-state index is 0.292. The Morgan fingerprint density at radius 3 is 2.00 bits per heavy atom. The highest BCUT2D eigenvalue weighted by Crippen LogP contribution is 2.11. The van der Waals surface area contributed by atoms with Gasteiger partial charge in [0.15, 0.2) is 0 Å². The number of rotatable bonds is 8. The molecule has 30 heavy (non-hydrogen) atoms. The third-order valence-corrected chi connectivity index (χ3v) is 4.65. The number of ether oxygens (including phenoxy) is 1. The maximum Gasteiger partial charge on any atom is 0.295 e. The quantitative estimate of drug-likeness (QED) is 0.378. The Balaban J connectivity index is 1.86. The number of hydrogen-bond donors (Lipinski definition) is 0. The summed E-state index contributed by atoms with van der Waals surface area (Å²) in [6.45, 7) is 3.88. The molecular formula is C26H28N2O2. The zero-order chi connectivity index (χ0) is 21.0. The molecule has 0 spiro atoms. The van der Waals surface area contributed by atoms with Crippen molar-refractivity contribution >= 4 is 11.9 Å². The van der Waals surface area contributed by atoms with E-state index in [9.17, 15) is 4.79 Å². The number of carbonyl (C=O) groups is 1. The van der Waals surface area contributed by atoms with E-state index in [2.05, 4.69) is 34.2 Å². The van der Waals surface area contributed by atoms with Crippen molar-refractivity contribution in [1.82, 2.24) is 4.90 Å². The van der Waals surface area contributed by atoms with Gasteiger partial charge >= 0.3 is 0 Å². The van der Waals surface area contributed by atoms with Crippen LogP contribution in [0.4, 0.5) is 0 Å². The number of nitrogens with zero attached hydrogens (tertiary/aromatic N) is 2. The van der Waals surface area contributed by atoms with E-state index < -0.39 is 0 Å². The van der Waals surface area contributed by atoms with Crippen LogP contribution in [0.2, 0.25) is 0 Å². The number of hydrogen-bond acceptors (Lipinski definition) is 2. The summed E-state index contributed by atoms with van der Waals surface area (Å²) in [5.74, 6) is -0.292. The van der Waals surface area contributed by atoms with E-state index in [1.54, 1.807) is 12.1 Å². The van der Waals surface area contributed by atoms with Crippen molar-refractivity contribution in [2.45, 2.75) is 26.3 Å². The van der Waals surface area contributed by atoms with E-state index in [1.165, 1.54) is 5.56 Å². The van der Waals surface area contributed by atoms with Gasteiger partial charge in [-0.15, -0.1) is 0 Å². The Bertz CT molecular complexity index is 925. The maximum absolute atomic E-state index is 12.8. The van der Waals surface area contributed by atoms with E-state index >= 15 is 0 Å². The minimum Gasteiger partial charge on any atom is -0.465 e. The van der Waals surface area contributed by atoms with Gasteiger partial charge < -0.3 is 9.64 Å². The molecule has 3 aromatic rings. The van der Waals surface area contributed by atoms with Gasteiger partial charge in [0.2, 0.25) is 0 Å². The van der Waals surface area contributed by atoms with Crippen LogP contribution in [-0.4, -0.2) is 30.0 Å². The van der Waals surface area contributed by atoms with Crippen molar-refractivity contribution < 1.29 is 9.53 Å². The van der Waals surface area contributed by atoms with Crippen LogP contribution in [0.15, 0.2) is 96.0 Å². The van der Waals surface area contributed by atoms with Crippen LogP contribution in [0.25, 0.3) is 0 Å². The van der Waals surface area contributed by atoms with Gasteiger partial charge in [-0.25, -0.2) is 0 Å². The smallest absolute Gasteiger partial charge is 0.295 e. The van der Waals surface area contributed by atoms with Crippen LogP contribution >= 0.6 is 0 Å². The molecule has 0 heterocycles. The molecule has 0 unspecified atom stereocenters. The molecule has 4 heteroatoms. The van der Waals surface area contributed by atoms with E-state index in [0.29, 0.717) is 31.3 Å². The first kappa shape index (κ1) is 21.3. The second-order valence-corrected chi connectivity index (χ2v) is 7.06. The summed E-state index contributed by atoms with van der Waals surface area (Å²) in [4.78, 5) is 19.2. The molecule has 0 saturated heterocycles. The molecule has 0 aliphatic rings. The summed E-state index contributed by atoms with van der Waals surface area (Å²) in [5, 5.41) is 0. The fraction of sp³-hybridized carbons (Fsp3) is 0.231. The molecule has 0 atom stereocenters. The van der Waals surface area contributed by atoms with Gasteiger partial charge in [0.05, 0.1) is 6.61 Å². The lowest BCUT2D eigenvalue weighted by Gasteiger charge is -2.26. The predicted molar refractivity (Wildman–Crippen MR) is 121 cm³/mol. The molecule has 3 aromatic carbocycles. The van der Waals surface area contributed by atoms with Crippen LogP contribution < -0.4 is 0 Å². The van der Waals surface area contributed by atoms with Crippen molar-refractivity contribution in [3.63, 3.8) is 0 Å². The Morgan fingerprint density at radius 2 is 1.40 bits per heavy atom. The Labute approximate surface area is 178 Å². The summed E-state index contributed by atoms with van der Waals surface area (Å²) >= 11 is 0. The third kappa shape index (κ3) is 6.59. The highest BCUT2D eigenvalue weighted by atomic mass is 16.5. The monoisotopic (exact) mass is 400 g/mol. The summed E-state index contributed by atoms with van der Waals surface area (Å²) < 4.78 is 5.96. The third-order valence-electron chi connectivity index (χ3n) is 4.65. The van der Waals surface area contributed by atoms with Crippen LogP contribution in [0, 0.1) is 0 Å². The molecule has 3 rings (SSSR count). The molecule has 0 bridgehead atoms. The van der Waals surface area contributed by atoms with Gasteiger partial charge in [0.1, 0.15) is 0 Å². The zero-order valence-electron chi connectivity index (χ0n) is 17.4. The largest absolute Gasteiger partial charge is 0.465 e. The lowest BCUT2D eigenvalue weighted by atomic mass is 10.1. The molecule has 0 aliphatic heterocycles. The molecule has 0 aliphatic carbocycles. The van der Waals surface area contributed by atoms with E-state index in [-0.39, 0.29) is 5.91 Å². The Morgan fingerprint density at radius 1 is 0.833 bits per heavy atom. The molecule has 0 saturated carbocycles. The van der Waals surface area contributed by atoms with Gasteiger partial charge in [0, 0.05) is 18.7 Å². The predicted octanol–water partition coefficient (Wildman–Crippen LogP) is 5.35. The summed E-state index contributed by atoms with van der Waals surface area (Å²) in [5.41, 5.74) is 2.93. The van der Waals surface area contributed by atoms with Gasteiger partial charge in [-0.1, -0.05) is 85.8 Å². The summed E-state index contributed by atoms with van der Waals surface area (Å²) in [7, 11) is 0. The number of amides is 1. The second kappa shape index (κ2) is 11.6. The highest BCUT2D eigenvalue weighted by Gasteiger charge is 2.17. The Kier molecular flexibility index (Phi) is 8.22. The fourth-order valence-electron chi connectivity index (χ4n) is 3.07. The first-order chi connectivity index (χ1) is 14.8. The van der Waals surface area contributed by atoms with Gasteiger partial charge in [-0.2, -0.15) is 4.99 Å². The standard InChI is InChI=1S/C26H28N2O2/c1-2-20-30-26(27-25(29)24-16-10-5-11-17-24)28(21-23-14-8-4-9-15-23)19-18-22-12-6-3-7-13-22/h3-17H,2,18-21H2,1H3. The van der Waals surface area contributed by atoms with E-state index in [1.807, 2.05) is 61.5 Å². The molecule has 0 aromatic heterocycles. The molecule has 154 valence electrons. The highest BCUT2D eigenvalue weighted by molar-refractivity contribution is 6.01. The van der Waals surface area contributed by atoms with Crippen molar-refractivity contribution in [3.05, 3.63) is 108 Å². The summed E-state index contributed by atoms with van der Waals surface area (Å²) in [6.07, 6.45) is 1.68. The van der Waals surface area contributed by atoms with Gasteiger partial charge in [-0.05, 0) is 36.1 Å². The Hall–Kier alpha value is -3.40. The normalized spacial score (nSPS) is 11.2. The lowest BCUT2D eigenvalue weighted by molar-refractivity contribution is 0.0993. The SMILES string of the molecule is CCCOC(=NC(=O)c1ccccc1)N(CCc1ccccc1)Cc1ccccc1. The van der Waals surface area contributed by atoms with Crippen molar-refractivity contribution in [2.75, 3.05) is 13.2 Å². The molecule has 0 radical (unpaired) electrons. The van der Waals surface area contributed by atoms with Crippen LogP contribution in [0.3, 0.4) is 0 Å². The molecule has 0 N–H and O–H groups in total. The topological polar surface area (TPSA) is 41.9 Å².